The summed E-state index contributed by atoms with van der Waals surface area (Å²) in [5, 5.41) is 10.8. The molecule has 110 valence electrons. The molecule has 1 aliphatic carbocycles. The third kappa shape index (κ3) is 4.63. The zero-order valence-electron chi connectivity index (χ0n) is 12.2. The Morgan fingerprint density at radius 3 is 3.05 bits per heavy atom. The molecule has 0 amide bonds. The highest BCUT2D eigenvalue weighted by Crippen LogP contribution is 2.30. The van der Waals surface area contributed by atoms with Gasteiger partial charge in [-0.25, -0.2) is 0 Å². The van der Waals surface area contributed by atoms with Crippen LogP contribution in [0.2, 0.25) is 0 Å². The van der Waals surface area contributed by atoms with Crippen molar-refractivity contribution in [1.29, 1.82) is 0 Å². The summed E-state index contributed by atoms with van der Waals surface area (Å²) in [6, 6.07) is 2.11. The molecule has 1 fully saturated rings. The molecule has 1 N–H and O–H groups in total. The lowest BCUT2D eigenvalue weighted by Gasteiger charge is -2.30. The van der Waals surface area contributed by atoms with Crippen LogP contribution in [0.5, 0.6) is 0 Å². The second-order valence-electron chi connectivity index (χ2n) is 5.38. The molecular weight excluding hydrogens is 268 g/mol. The molecule has 2 rings (SSSR count). The number of ether oxygens (including phenoxy) is 1. The molecule has 0 aromatic carbocycles. The van der Waals surface area contributed by atoms with Crippen LogP contribution in [0.25, 0.3) is 0 Å². The molecule has 2 atom stereocenters. The van der Waals surface area contributed by atoms with Crippen molar-refractivity contribution < 1.29 is 9.84 Å². The molecule has 1 aromatic heterocycles. The number of aliphatic hydroxyl groups excluding tert-OH is 1. The minimum absolute atomic E-state index is 0.132. The lowest BCUT2D eigenvalue weighted by molar-refractivity contribution is -0.0211. The molecule has 0 saturated heterocycles. The first-order chi connectivity index (χ1) is 9.83. The number of aliphatic hydroxyl groups is 1. The molecular formula is C17H24O2S. The molecule has 1 aromatic rings. The Bertz CT molecular complexity index is 455. The molecule has 3 heteroatoms. The van der Waals surface area contributed by atoms with E-state index >= 15 is 0 Å². The Kier molecular flexibility index (Phi) is 6.59. The molecule has 0 aliphatic heterocycles. The second-order valence-corrected chi connectivity index (χ2v) is 6.38. The summed E-state index contributed by atoms with van der Waals surface area (Å²) in [5.41, 5.74) is 1.04. The number of hydrogen-bond acceptors (Lipinski definition) is 3. The van der Waals surface area contributed by atoms with Crippen molar-refractivity contribution in [3.05, 3.63) is 21.9 Å². The Balaban J connectivity index is 1.83. The first-order valence-corrected chi connectivity index (χ1v) is 8.50. The molecule has 2 nitrogen and oxygen atoms in total. The second kappa shape index (κ2) is 8.46. The molecule has 1 aliphatic rings. The normalized spacial score (nSPS) is 22.3. The smallest absolute Gasteiger partial charge is 0.0813 e. The van der Waals surface area contributed by atoms with Crippen molar-refractivity contribution in [3.8, 4) is 11.8 Å². The lowest BCUT2D eigenvalue weighted by Crippen LogP contribution is -2.26. The summed E-state index contributed by atoms with van der Waals surface area (Å²) in [6.45, 7) is 3.12. The first-order valence-electron chi connectivity index (χ1n) is 7.62. The van der Waals surface area contributed by atoms with Crippen LogP contribution >= 0.6 is 11.3 Å². The van der Waals surface area contributed by atoms with Gasteiger partial charge in [0, 0.05) is 22.2 Å². The van der Waals surface area contributed by atoms with Crippen molar-refractivity contribution in [3.63, 3.8) is 0 Å². The molecule has 0 spiro atoms. The molecule has 0 bridgehead atoms. The van der Waals surface area contributed by atoms with Gasteiger partial charge in [0.15, 0.2) is 0 Å². The predicted octanol–water partition coefficient (Wildman–Crippen LogP) is 3.97. The van der Waals surface area contributed by atoms with Gasteiger partial charge in [0.1, 0.15) is 0 Å². The quantitative estimate of drug-likeness (QED) is 0.832. The maximum absolute atomic E-state index is 8.71. The van der Waals surface area contributed by atoms with E-state index in [1.807, 2.05) is 0 Å². The van der Waals surface area contributed by atoms with Crippen LogP contribution in [0.1, 0.15) is 55.9 Å². The van der Waals surface area contributed by atoms with E-state index in [4.69, 9.17) is 9.84 Å². The van der Waals surface area contributed by atoms with E-state index in [1.165, 1.54) is 37.0 Å². The van der Waals surface area contributed by atoms with Crippen LogP contribution < -0.4 is 0 Å². The third-order valence-electron chi connectivity index (χ3n) is 3.93. The zero-order valence-corrected chi connectivity index (χ0v) is 13.0. The van der Waals surface area contributed by atoms with Crippen molar-refractivity contribution in [1.82, 2.24) is 0 Å². The maximum Gasteiger partial charge on any atom is 0.0813 e. The van der Waals surface area contributed by atoms with Gasteiger partial charge < -0.3 is 9.84 Å². The number of hydrogen-bond donors (Lipinski definition) is 1. The van der Waals surface area contributed by atoms with E-state index in [0.717, 1.165) is 11.5 Å². The monoisotopic (exact) mass is 292 g/mol. The molecule has 1 heterocycles. The fraction of sp³-hybridized carbons (Fsp3) is 0.647. The summed E-state index contributed by atoms with van der Waals surface area (Å²) in [5.74, 6) is 6.76. The van der Waals surface area contributed by atoms with Crippen LogP contribution in [0.4, 0.5) is 0 Å². The predicted molar refractivity (Wildman–Crippen MR) is 83.7 cm³/mol. The van der Waals surface area contributed by atoms with Gasteiger partial charge in [0.2, 0.25) is 0 Å². The highest BCUT2D eigenvalue weighted by Gasteiger charge is 2.24. The fourth-order valence-corrected chi connectivity index (χ4v) is 3.53. The van der Waals surface area contributed by atoms with E-state index in [-0.39, 0.29) is 6.61 Å². The van der Waals surface area contributed by atoms with E-state index < -0.39 is 0 Å². The average Bonchev–Trinajstić information content (AvgIpc) is 2.93. The molecule has 1 saturated carbocycles. The van der Waals surface area contributed by atoms with Crippen LogP contribution in [0.15, 0.2) is 11.4 Å². The number of rotatable bonds is 5. The largest absolute Gasteiger partial charge is 0.395 e. The fourth-order valence-electron chi connectivity index (χ4n) is 2.79. The van der Waals surface area contributed by atoms with Gasteiger partial charge in [-0.2, -0.15) is 0 Å². The molecule has 0 radical (unpaired) electrons. The van der Waals surface area contributed by atoms with Gasteiger partial charge in [-0.05, 0) is 24.8 Å². The highest BCUT2D eigenvalue weighted by molar-refractivity contribution is 7.10. The zero-order chi connectivity index (χ0) is 14.2. The van der Waals surface area contributed by atoms with Gasteiger partial charge in [-0.15, -0.1) is 11.3 Å². The lowest BCUT2D eigenvalue weighted by atomic mass is 9.85. The minimum Gasteiger partial charge on any atom is -0.395 e. The van der Waals surface area contributed by atoms with Gasteiger partial charge >= 0.3 is 0 Å². The summed E-state index contributed by atoms with van der Waals surface area (Å²) < 4.78 is 6.13. The van der Waals surface area contributed by atoms with Gasteiger partial charge in [0.05, 0.1) is 19.3 Å². The average molecular weight is 292 g/mol. The summed E-state index contributed by atoms with van der Waals surface area (Å²) >= 11 is 1.71. The van der Waals surface area contributed by atoms with Gasteiger partial charge in [0.25, 0.3) is 0 Å². The molecule has 20 heavy (non-hydrogen) atoms. The van der Waals surface area contributed by atoms with Crippen LogP contribution in [-0.4, -0.2) is 17.8 Å². The van der Waals surface area contributed by atoms with Gasteiger partial charge in [-0.1, -0.05) is 38.0 Å². The van der Waals surface area contributed by atoms with Crippen LogP contribution in [0, 0.1) is 17.8 Å². The van der Waals surface area contributed by atoms with E-state index in [2.05, 4.69) is 30.2 Å². The maximum atomic E-state index is 8.71. The minimum atomic E-state index is 0.132. The SMILES string of the molecule is CCC1CCCCC1OCc1cc(C#CCCO)cs1. The summed E-state index contributed by atoms with van der Waals surface area (Å²) in [6.07, 6.45) is 7.43. The Morgan fingerprint density at radius 2 is 2.25 bits per heavy atom. The summed E-state index contributed by atoms with van der Waals surface area (Å²) in [7, 11) is 0. The Hall–Kier alpha value is -0.820. The summed E-state index contributed by atoms with van der Waals surface area (Å²) in [4.78, 5) is 1.25. The van der Waals surface area contributed by atoms with Crippen molar-refractivity contribution in [2.24, 2.45) is 5.92 Å². The number of thiophene rings is 1. The van der Waals surface area contributed by atoms with E-state index in [0.29, 0.717) is 19.1 Å². The van der Waals surface area contributed by atoms with Crippen molar-refractivity contribution >= 4 is 11.3 Å². The first kappa shape index (κ1) is 15.6. The third-order valence-corrected chi connectivity index (χ3v) is 4.84. The van der Waals surface area contributed by atoms with E-state index in [9.17, 15) is 0 Å². The van der Waals surface area contributed by atoms with E-state index in [1.54, 1.807) is 11.3 Å². The van der Waals surface area contributed by atoms with Crippen LogP contribution in [0.3, 0.4) is 0 Å². The van der Waals surface area contributed by atoms with Crippen LogP contribution in [-0.2, 0) is 11.3 Å². The van der Waals surface area contributed by atoms with Crippen molar-refractivity contribution in [2.45, 2.75) is 58.2 Å². The highest BCUT2D eigenvalue weighted by atomic mass is 32.1. The standard InChI is InChI=1S/C17H24O2S/c1-2-15-8-3-4-9-17(15)19-12-16-11-14(13-20-16)7-5-6-10-18/h11,13,15,17-18H,2-4,6,8-10,12H2,1H3. The molecule has 2 unspecified atom stereocenters. The van der Waals surface area contributed by atoms with Gasteiger partial charge in [-0.3, -0.25) is 0 Å². The van der Waals surface area contributed by atoms with Crippen molar-refractivity contribution in [2.75, 3.05) is 6.61 Å². The Labute approximate surface area is 126 Å². The Morgan fingerprint density at radius 1 is 1.40 bits per heavy atom. The topological polar surface area (TPSA) is 29.5 Å².